The van der Waals surface area contributed by atoms with Crippen molar-refractivity contribution in [2.24, 2.45) is 0 Å². The van der Waals surface area contributed by atoms with Gasteiger partial charge in [0.15, 0.2) is 0 Å². The van der Waals surface area contributed by atoms with Crippen molar-refractivity contribution in [3.05, 3.63) is 35.4 Å². The molecule has 2 rings (SSSR count). The highest BCUT2D eigenvalue weighted by atomic mass is 16.4. The molecule has 1 aliphatic carbocycles. The van der Waals surface area contributed by atoms with Crippen LogP contribution in [0.5, 0.6) is 0 Å². The molecule has 0 atom stereocenters. The van der Waals surface area contributed by atoms with Gasteiger partial charge in [-0.3, -0.25) is 4.79 Å². The first-order valence-corrected chi connectivity index (χ1v) is 6.97. The number of amides is 1. The fourth-order valence-corrected chi connectivity index (χ4v) is 1.95. The van der Waals surface area contributed by atoms with Crippen LogP contribution in [0.4, 0.5) is 0 Å². The van der Waals surface area contributed by atoms with Gasteiger partial charge >= 0.3 is 5.97 Å². The molecule has 0 radical (unpaired) electrons. The van der Waals surface area contributed by atoms with E-state index in [1.807, 2.05) is 6.07 Å². The molecule has 0 aromatic heterocycles. The summed E-state index contributed by atoms with van der Waals surface area (Å²) in [5.74, 6) is -0.786. The van der Waals surface area contributed by atoms with Gasteiger partial charge in [0.25, 0.3) is 0 Å². The number of carbonyl (C=O) groups is 2. The minimum atomic E-state index is -0.913. The van der Waals surface area contributed by atoms with Crippen LogP contribution in [0.2, 0.25) is 0 Å². The second kappa shape index (κ2) is 7.05. The third kappa shape index (κ3) is 5.01. The molecule has 1 saturated carbocycles. The van der Waals surface area contributed by atoms with E-state index in [1.54, 1.807) is 18.2 Å². The van der Waals surface area contributed by atoms with E-state index in [2.05, 4.69) is 10.6 Å². The predicted molar refractivity (Wildman–Crippen MR) is 75.5 cm³/mol. The predicted octanol–water partition coefficient (Wildman–Crippen LogP) is 1.53. The van der Waals surface area contributed by atoms with Crippen LogP contribution in [0, 0.1) is 0 Å². The van der Waals surface area contributed by atoms with E-state index in [1.165, 1.54) is 0 Å². The van der Waals surface area contributed by atoms with Crippen molar-refractivity contribution >= 4 is 11.9 Å². The van der Waals surface area contributed by atoms with E-state index in [4.69, 9.17) is 5.11 Å². The number of carboxylic acid groups (broad SMARTS) is 1. The van der Waals surface area contributed by atoms with E-state index in [0.717, 1.165) is 31.4 Å². The molecule has 20 heavy (non-hydrogen) atoms. The molecule has 0 bridgehead atoms. The lowest BCUT2D eigenvalue weighted by atomic mass is 10.1. The van der Waals surface area contributed by atoms with Gasteiger partial charge in [-0.1, -0.05) is 12.1 Å². The molecule has 108 valence electrons. The Hall–Kier alpha value is -1.88. The van der Waals surface area contributed by atoms with Crippen molar-refractivity contribution in [2.45, 2.75) is 38.3 Å². The van der Waals surface area contributed by atoms with Gasteiger partial charge < -0.3 is 15.7 Å². The molecular weight excluding hydrogens is 256 g/mol. The Labute approximate surface area is 118 Å². The Morgan fingerprint density at radius 1 is 1.30 bits per heavy atom. The average Bonchev–Trinajstić information content (AvgIpc) is 3.22. The normalized spacial score (nSPS) is 14.0. The van der Waals surface area contributed by atoms with Crippen LogP contribution in [-0.2, 0) is 11.3 Å². The smallest absolute Gasteiger partial charge is 0.335 e. The minimum Gasteiger partial charge on any atom is -0.478 e. The maximum Gasteiger partial charge on any atom is 0.335 e. The van der Waals surface area contributed by atoms with Crippen molar-refractivity contribution in [1.29, 1.82) is 0 Å². The Balaban J connectivity index is 1.61. The molecule has 1 aromatic carbocycles. The van der Waals surface area contributed by atoms with E-state index in [-0.39, 0.29) is 5.91 Å². The first kappa shape index (κ1) is 14.5. The van der Waals surface area contributed by atoms with E-state index in [0.29, 0.717) is 24.6 Å². The molecule has 1 aliphatic rings. The third-order valence-corrected chi connectivity index (χ3v) is 3.20. The zero-order valence-electron chi connectivity index (χ0n) is 11.4. The van der Waals surface area contributed by atoms with Gasteiger partial charge in [-0.25, -0.2) is 4.79 Å². The monoisotopic (exact) mass is 276 g/mol. The summed E-state index contributed by atoms with van der Waals surface area (Å²) in [6.45, 7) is 1.36. The second-order valence-electron chi connectivity index (χ2n) is 5.13. The number of hydrogen-bond acceptors (Lipinski definition) is 3. The van der Waals surface area contributed by atoms with Crippen LogP contribution in [0.25, 0.3) is 0 Å². The van der Waals surface area contributed by atoms with Crippen LogP contribution in [0.15, 0.2) is 24.3 Å². The highest BCUT2D eigenvalue weighted by molar-refractivity contribution is 5.87. The van der Waals surface area contributed by atoms with Crippen molar-refractivity contribution in [1.82, 2.24) is 10.6 Å². The molecule has 0 aliphatic heterocycles. The summed E-state index contributed by atoms with van der Waals surface area (Å²) in [5, 5.41) is 15.1. The Morgan fingerprint density at radius 2 is 2.10 bits per heavy atom. The lowest BCUT2D eigenvalue weighted by molar-refractivity contribution is -0.121. The van der Waals surface area contributed by atoms with Crippen molar-refractivity contribution in [3.63, 3.8) is 0 Å². The Kier molecular flexibility index (Phi) is 5.12. The molecule has 0 unspecified atom stereocenters. The van der Waals surface area contributed by atoms with Gasteiger partial charge in [-0.05, 0) is 43.5 Å². The summed E-state index contributed by atoms with van der Waals surface area (Å²) in [6, 6.07) is 7.29. The molecule has 1 amide bonds. The van der Waals surface area contributed by atoms with Crippen LogP contribution >= 0.6 is 0 Å². The van der Waals surface area contributed by atoms with Crippen molar-refractivity contribution in [2.75, 3.05) is 6.54 Å². The number of carbonyl (C=O) groups excluding carboxylic acids is 1. The zero-order chi connectivity index (χ0) is 14.4. The molecule has 5 heteroatoms. The Morgan fingerprint density at radius 3 is 2.80 bits per heavy atom. The highest BCUT2D eigenvalue weighted by Gasteiger charge is 2.22. The molecule has 5 nitrogen and oxygen atoms in total. The minimum absolute atomic E-state index is 0.127. The summed E-state index contributed by atoms with van der Waals surface area (Å²) in [7, 11) is 0. The molecule has 3 N–H and O–H groups in total. The molecule has 0 saturated heterocycles. The number of hydrogen-bond donors (Lipinski definition) is 3. The SMILES string of the molecule is O=C(CCCNCc1cccc(C(=O)O)c1)NC1CC1. The van der Waals surface area contributed by atoms with Gasteiger partial charge in [0.2, 0.25) is 5.91 Å². The van der Waals surface area contributed by atoms with E-state index >= 15 is 0 Å². The van der Waals surface area contributed by atoms with Gasteiger partial charge in [0.05, 0.1) is 5.56 Å². The highest BCUT2D eigenvalue weighted by Crippen LogP contribution is 2.18. The first-order valence-electron chi connectivity index (χ1n) is 6.97. The number of nitrogens with one attached hydrogen (secondary N) is 2. The maximum absolute atomic E-state index is 11.4. The summed E-state index contributed by atoms with van der Waals surface area (Å²) in [6.07, 6.45) is 3.56. The standard InChI is InChI=1S/C15H20N2O3/c18-14(17-13-6-7-13)5-2-8-16-10-11-3-1-4-12(9-11)15(19)20/h1,3-4,9,13,16H,2,5-8,10H2,(H,17,18)(H,19,20). The van der Waals surface area contributed by atoms with Crippen LogP contribution < -0.4 is 10.6 Å². The molecular formula is C15H20N2O3. The van der Waals surface area contributed by atoms with E-state index in [9.17, 15) is 9.59 Å². The summed E-state index contributed by atoms with van der Waals surface area (Å²) in [4.78, 5) is 22.3. The Bertz CT molecular complexity index is 484. The molecule has 0 heterocycles. The van der Waals surface area contributed by atoms with E-state index < -0.39 is 5.97 Å². The number of aromatic carboxylic acids is 1. The number of rotatable bonds is 8. The van der Waals surface area contributed by atoms with Crippen LogP contribution in [-0.4, -0.2) is 29.6 Å². The van der Waals surface area contributed by atoms with Gasteiger partial charge in [0.1, 0.15) is 0 Å². The first-order chi connectivity index (χ1) is 9.65. The number of carboxylic acids is 1. The number of benzene rings is 1. The third-order valence-electron chi connectivity index (χ3n) is 3.20. The van der Waals surface area contributed by atoms with Crippen LogP contribution in [0.3, 0.4) is 0 Å². The molecule has 1 aromatic rings. The van der Waals surface area contributed by atoms with Crippen LogP contribution in [0.1, 0.15) is 41.6 Å². The topological polar surface area (TPSA) is 78.4 Å². The quantitative estimate of drug-likeness (QED) is 0.629. The largest absolute Gasteiger partial charge is 0.478 e. The average molecular weight is 276 g/mol. The maximum atomic E-state index is 11.4. The lowest BCUT2D eigenvalue weighted by Crippen LogP contribution is -2.26. The second-order valence-corrected chi connectivity index (χ2v) is 5.13. The van der Waals surface area contributed by atoms with Crippen molar-refractivity contribution < 1.29 is 14.7 Å². The molecule has 1 fully saturated rings. The lowest BCUT2D eigenvalue weighted by Gasteiger charge is -2.06. The van der Waals surface area contributed by atoms with Crippen molar-refractivity contribution in [3.8, 4) is 0 Å². The van der Waals surface area contributed by atoms with Gasteiger partial charge in [-0.2, -0.15) is 0 Å². The molecule has 0 spiro atoms. The summed E-state index contributed by atoms with van der Waals surface area (Å²) in [5.41, 5.74) is 1.24. The fourth-order valence-electron chi connectivity index (χ4n) is 1.95. The summed E-state index contributed by atoms with van der Waals surface area (Å²) < 4.78 is 0. The van der Waals surface area contributed by atoms with Gasteiger partial charge in [0, 0.05) is 19.0 Å². The fraction of sp³-hybridized carbons (Fsp3) is 0.467. The summed E-state index contributed by atoms with van der Waals surface area (Å²) >= 11 is 0. The van der Waals surface area contributed by atoms with Gasteiger partial charge in [-0.15, -0.1) is 0 Å². The zero-order valence-corrected chi connectivity index (χ0v) is 11.4.